The molecule has 0 bridgehead atoms. The topological polar surface area (TPSA) is 75.0 Å². The van der Waals surface area contributed by atoms with Crippen LogP contribution in [0.15, 0.2) is 48.5 Å². The van der Waals surface area contributed by atoms with E-state index in [1.807, 2.05) is 25.1 Å². The predicted octanol–water partition coefficient (Wildman–Crippen LogP) is 4.66. The molecule has 0 atom stereocenters. The number of ether oxygens (including phenoxy) is 1. The monoisotopic (exact) mass is 383 g/mol. The van der Waals surface area contributed by atoms with Crippen LogP contribution in [0.5, 0.6) is 5.75 Å². The summed E-state index contributed by atoms with van der Waals surface area (Å²) >= 11 is 7.30. The Morgan fingerprint density at radius 3 is 2.73 bits per heavy atom. The van der Waals surface area contributed by atoms with Crippen molar-refractivity contribution < 1.29 is 9.53 Å². The first-order valence-electron chi connectivity index (χ1n) is 7.72. The summed E-state index contributed by atoms with van der Waals surface area (Å²) in [5.74, 6) is 0.0384. The quantitative estimate of drug-likeness (QED) is 0.695. The van der Waals surface area contributed by atoms with Crippen molar-refractivity contribution in [3.8, 4) is 23.1 Å². The summed E-state index contributed by atoms with van der Waals surface area (Å²) in [6.45, 7) is 1.74. The number of carbonyl (C=O) groups excluding carboxylic acids is 1. The molecule has 0 fully saturated rings. The second-order valence-electron chi connectivity index (χ2n) is 5.38. The average molecular weight is 384 g/mol. The van der Waals surface area contributed by atoms with Gasteiger partial charge in [-0.2, -0.15) is 5.26 Å². The van der Waals surface area contributed by atoms with Crippen LogP contribution in [0.3, 0.4) is 0 Å². The summed E-state index contributed by atoms with van der Waals surface area (Å²) in [6, 6.07) is 16.2. The molecule has 0 spiro atoms. The van der Waals surface area contributed by atoms with Gasteiger partial charge >= 0.3 is 0 Å². The van der Waals surface area contributed by atoms with Crippen LogP contribution in [0, 0.1) is 18.3 Å². The fourth-order valence-corrected chi connectivity index (χ4v) is 3.29. The van der Waals surface area contributed by atoms with Gasteiger partial charge in [0.2, 0.25) is 0 Å². The van der Waals surface area contributed by atoms with E-state index >= 15 is 0 Å². The Morgan fingerprint density at radius 1 is 1.27 bits per heavy atom. The van der Waals surface area contributed by atoms with E-state index in [4.69, 9.17) is 21.6 Å². The molecule has 7 heteroatoms. The number of nitrogens with one attached hydrogen (secondary N) is 1. The molecular formula is C19H14ClN3O2S. The van der Waals surface area contributed by atoms with Gasteiger partial charge in [-0.05, 0) is 31.2 Å². The Bertz CT molecular complexity index is 977. The highest BCUT2D eigenvalue weighted by molar-refractivity contribution is 7.16. The van der Waals surface area contributed by atoms with Gasteiger partial charge in [0, 0.05) is 15.5 Å². The van der Waals surface area contributed by atoms with E-state index in [1.165, 1.54) is 11.3 Å². The van der Waals surface area contributed by atoms with Crippen LogP contribution in [0.2, 0.25) is 5.02 Å². The molecule has 0 unspecified atom stereocenters. The molecule has 0 aliphatic carbocycles. The lowest BCUT2D eigenvalue weighted by Crippen LogP contribution is -2.20. The highest BCUT2D eigenvalue weighted by Gasteiger charge is 2.13. The Balaban J connectivity index is 1.66. The Labute approximate surface area is 159 Å². The van der Waals surface area contributed by atoms with Gasteiger partial charge in [0.1, 0.15) is 11.8 Å². The first-order valence-corrected chi connectivity index (χ1v) is 8.91. The van der Waals surface area contributed by atoms with E-state index in [2.05, 4.69) is 10.3 Å². The minimum absolute atomic E-state index is 0.201. The molecule has 1 amide bonds. The van der Waals surface area contributed by atoms with Crippen LogP contribution < -0.4 is 10.1 Å². The number of thiazole rings is 1. The van der Waals surface area contributed by atoms with Crippen molar-refractivity contribution in [3.05, 3.63) is 64.0 Å². The van der Waals surface area contributed by atoms with Gasteiger partial charge in [-0.3, -0.25) is 10.1 Å². The van der Waals surface area contributed by atoms with Crippen molar-refractivity contribution >= 4 is 34.0 Å². The normalized spacial score (nSPS) is 10.2. The van der Waals surface area contributed by atoms with Crippen molar-refractivity contribution in [1.82, 2.24) is 4.98 Å². The van der Waals surface area contributed by atoms with E-state index in [9.17, 15) is 4.79 Å². The van der Waals surface area contributed by atoms with Gasteiger partial charge in [0.25, 0.3) is 5.91 Å². The lowest BCUT2D eigenvalue weighted by molar-refractivity contribution is -0.118. The molecule has 2 aromatic carbocycles. The van der Waals surface area contributed by atoms with Gasteiger partial charge < -0.3 is 4.74 Å². The maximum absolute atomic E-state index is 12.1. The number of hydrogen-bond donors (Lipinski definition) is 1. The fourth-order valence-electron chi connectivity index (χ4n) is 2.31. The molecule has 3 aromatic rings. The summed E-state index contributed by atoms with van der Waals surface area (Å²) in [4.78, 5) is 17.6. The van der Waals surface area contributed by atoms with Crippen molar-refractivity contribution in [2.75, 3.05) is 11.9 Å². The molecule has 0 radical (unpaired) electrons. The zero-order chi connectivity index (χ0) is 18.5. The lowest BCUT2D eigenvalue weighted by atomic mass is 10.1. The SMILES string of the molecule is Cc1sc(NC(=O)COc2ccccc2C#N)nc1-c1ccc(Cl)cc1. The van der Waals surface area contributed by atoms with Crippen molar-refractivity contribution in [2.45, 2.75) is 6.92 Å². The van der Waals surface area contributed by atoms with Gasteiger partial charge in [-0.25, -0.2) is 4.98 Å². The number of anilines is 1. The maximum Gasteiger partial charge on any atom is 0.264 e. The number of halogens is 1. The van der Waals surface area contributed by atoms with E-state index < -0.39 is 0 Å². The van der Waals surface area contributed by atoms with Gasteiger partial charge in [-0.1, -0.05) is 35.9 Å². The molecule has 0 saturated heterocycles. The fraction of sp³-hybridized carbons (Fsp3) is 0.105. The number of hydrogen-bond acceptors (Lipinski definition) is 5. The second-order valence-corrected chi connectivity index (χ2v) is 7.02. The van der Waals surface area contributed by atoms with Crippen molar-refractivity contribution in [2.24, 2.45) is 0 Å². The third-order valence-corrected chi connectivity index (χ3v) is 4.67. The summed E-state index contributed by atoms with van der Waals surface area (Å²) < 4.78 is 5.42. The van der Waals surface area contributed by atoms with E-state index in [0.717, 1.165) is 16.1 Å². The number of amides is 1. The van der Waals surface area contributed by atoms with Crippen LogP contribution in [0.4, 0.5) is 5.13 Å². The summed E-state index contributed by atoms with van der Waals surface area (Å²) in [5, 5.41) is 12.9. The number of benzene rings is 2. The van der Waals surface area contributed by atoms with Crippen molar-refractivity contribution in [1.29, 1.82) is 5.26 Å². The van der Waals surface area contributed by atoms with Crippen LogP contribution >= 0.6 is 22.9 Å². The van der Waals surface area contributed by atoms with E-state index in [1.54, 1.807) is 36.4 Å². The smallest absolute Gasteiger partial charge is 0.264 e. The van der Waals surface area contributed by atoms with E-state index in [-0.39, 0.29) is 12.5 Å². The number of carbonyl (C=O) groups is 1. The second kappa shape index (κ2) is 8.00. The summed E-state index contributed by atoms with van der Waals surface area (Å²) in [6.07, 6.45) is 0. The molecule has 1 aromatic heterocycles. The van der Waals surface area contributed by atoms with Crippen molar-refractivity contribution in [3.63, 3.8) is 0 Å². The van der Waals surface area contributed by atoms with Crippen LogP contribution in [-0.4, -0.2) is 17.5 Å². The predicted molar refractivity (Wildman–Crippen MR) is 103 cm³/mol. The zero-order valence-corrected chi connectivity index (χ0v) is 15.4. The lowest BCUT2D eigenvalue weighted by Gasteiger charge is -2.06. The average Bonchev–Trinajstić information content (AvgIpc) is 3.01. The maximum atomic E-state index is 12.1. The van der Waals surface area contributed by atoms with E-state index in [0.29, 0.717) is 21.5 Å². The van der Waals surface area contributed by atoms with Crippen LogP contribution in [0.25, 0.3) is 11.3 Å². The standard InChI is InChI=1S/C19H14ClN3O2S/c1-12-18(13-6-8-15(20)9-7-13)23-19(26-12)22-17(24)11-25-16-5-3-2-4-14(16)10-21/h2-9H,11H2,1H3,(H,22,23,24). The molecule has 26 heavy (non-hydrogen) atoms. The summed E-state index contributed by atoms with van der Waals surface area (Å²) in [5.41, 5.74) is 2.12. The number of aromatic nitrogens is 1. The highest BCUT2D eigenvalue weighted by atomic mass is 35.5. The molecule has 5 nitrogen and oxygen atoms in total. The van der Waals surface area contributed by atoms with Crippen LogP contribution in [-0.2, 0) is 4.79 Å². The molecule has 1 N–H and O–H groups in total. The van der Waals surface area contributed by atoms with Gasteiger partial charge in [-0.15, -0.1) is 11.3 Å². The summed E-state index contributed by atoms with van der Waals surface area (Å²) in [7, 11) is 0. The highest BCUT2D eigenvalue weighted by Crippen LogP contribution is 2.31. The number of rotatable bonds is 5. The van der Waals surface area contributed by atoms with Crippen LogP contribution in [0.1, 0.15) is 10.4 Å². The first-order chi connectivity index (χ1) is 12.6. The third-order valence-electron chi connectivity index (χ3n) is 3.53. The first kappa shape index (κ1) is 17.9. The minimum atomic E-state index is -0.339. The Kier molecular flexibility index (Phi) is 5.52. The third kappa shape index (κ3) is 4.20. The molecule has 0 aliphatic rings. The largest absolute Gasteiger partial charge is 0.482 e. The molecule has 0 aliphatic heterocycles. The number of aryl methyl sites for hydroxylation is 1. The number of para-hydroxylation sites is 1. The molecule has 3 rings (SSSR count). The number of nitriles is 1. The molecule has 130 valence electrons. The number of nitrogens with zero attached hydrogens (tertiary/aromatic N) is 2. The molecular weight excluding hydrogens is 370 g/mol. The van der Waals surface area contributed by atoms with Gasteiger partial charge in [0.15, 0.2) is 11.7 Å². The van der Waals surface area contributed by atoms with Gasteiger partial charge in [0.05, 0.1) is 11.3 Å². The zero-order valence-electron chi connectivity index (χ0n) is 13.8. The Morgan fingerprint density at radius 2 is 2.00 bits per heavy atom. The molecule has 0 saturated carbocycles. The molecule has 1 heterocycles. The Hall–Kier alpha value is -2.88. The minimum Gasteiger partial charge on any atom is -0.482 e.